The Kier molecular flexibility index (Phi) is 5.44. The Hall–Kier alpha value is -1.30. The van der Waals surface area contributed by atoms with Crippen molar-refractivity contribution < 1.29 is 0 Å². The van der Waals surface area contributed by atoms with E-state index in [9.17, 15) is 0 Å². The van der Waals surface area contributed by atoms with E-state index < -0.39 is 0 Å². The van der Waals surface area contributed by atoms with Crippen LogP contribution in [0, 0.1) is 11.8 Å². The maximum atomic E-state index is 3.37. The van der Waals surface area contributed by atoms with Gasteiger partial charge in [0.25, 0.3) is 0 Å². The molecule has 0 unspecified atom stereocenters. The summed E-state index contributed by atoms with van der Waals surface area (Å²) in [5, 5.41) is 3.37. The Labute approximate surface area is 117 Å². The van der Waals surface area contributed by atoms with Crippen LogP contribution in [0.3, 0.4) is 0 Å². The highest BCUT2D eigenvalue weighted by Crippen LogP contribution is 2.12. The molecule has 2 rings (SSSR count). The van der Waals surface area contributed by atoms with Crippen LogP contribution in [0.1, 0.15) is 30.5 Å². The van der Waals surface area contributed by atoms with Crippen molar-refractivity contribution in [3.63, 3.8) is 0 Å². The van der Waals surface area contributed by atoms with Gasteiger partial charge in [-0.2, -0.15) is 0 Å². The van der Waals surface area contributed by atoms with Gasteiger partial charge in [0, 0.05) is 31.7 Å². The normalized spacial score (nSPS) is 15.9. The zero-order valence-electron chi connectivity index (χ0n) is 12.1. The van der Waals surface area contributed by atoms with Gasteiger partial charge in [0.1, 0.15) is 0 Å². The summed E-state index contributed by atoms with van der Waals surface area (Å²) in [6.45, 7) is 9.69. The molecule has 0 amide bonds. The van der Waals surface area contributed by atoms with Crippen molar-refractivity contribution in [1.82, 2.24) is 10.2 Å². The number of benzene rings is 1. The van der Waals surface area contributed by atoms with Gasteiger partial charge in [0.2, 0.25) is 0 Å². The second kappa shape index (κ2) is 7.33. The number of rotatable bonds is 3. The largest absolute Gasteiger partial charge is 0.314 e. The third-order valence-electron chi connectivity index (χ3n) is 3.70. The zero-order chi connectivity index (χ0) is 13.5. The summed E-state index contributed by atoms with van der Waals surface area (Å²) in [7, 11) is 0. The fourth-order valence-corrected chi connectivity index (χ4v) is 2.38. The maximum Gasteiger partial charge on any atom is 0.0606 e. The van der Waals surface area contributed by atoms with Crippen molar-refractivity contribution in [3.05, 3.63) is 34.9 Å². The number of piperazine rings is 1. The van der Waals surface area contributed by atoms with Gasteiger partial charge in [-0.1, -0.05) is 37.8 Å². The SMILES string of the molecule is CCc1ccc(CC)c(C#CCN2CCNCC2)c1. The molecular formula is C17H24N2. The Morgan fingerprint density at radius 2 is 1.95 bits per heavy atom. The van der Waals surface area contributed by atoms with E-state index in [0.29, 0.717) is 0 Å². The summed E-state index contributed by atoms with van der Waals surface area (Å²) < 4.78 is 0. The van der Waals surface area contributed by atoms with Crippen LogP contribution < -0.4 is 5.32 Å². The van der Waals surface area contributed by atoms with Gasteiger partial charge in [-0.05, 0) is 30.0 Å². The third-order valence-corrected chi connectivity index (χ3v) is 3.70. The average Bonchev–Trinajstić information content (AvgIpc) is 2.48. The van der Waals surface area contributed by atoms with Crippen LogP contribution in [0.4, 0.5) is 0 Å². The van der Waals surface area contributed by atoms with Crippen LogP contribution in [-0.4, -0.2) is 37.6 Å². The molecule has 1 N–H and O–H groups in total. The molecule has 0 aliphatic carbocycles. The van der Waals surface area contributed by atoms with Crippen LogP contribution in [0.5, 0.6) is 0 Å². The van der Waals surface area contributed by atoms with E-state index in [-0.39, 0.29) is 0 Å². The van der Waals surface area contributed by atoms with E-state index in [1.165, 1.54) is 16.7 Å². The lowest BCUT2D eigenvalue weighted by Crippen LogP contribution is -2.43. The highest BCUT2D eigenvalue weighted by Gasteiger charge is 2.06. The second-order valence-electron chi connectivity index (χ2n) is 5.03. The number of nitrogens with one attached hydrogen (secondary N) is 1. The number of aryl methyl sites for hydroxylation is 2. The molecule has 1 fully saturated rings. The Bertz CT molecular complexity index is 462. The third kappa shape index (κ3) is 4.09. The molecule has 1 aromatic carbocycles. The first-order valence-electron chi connectivity index (χ1n) is 7.37. The van der Waals surface area contributed by atoms with Gasteiger partial charge in [0.05, 0.1) is 6.54 Å². The van der Waals surface area contributed by atoms with Crippen molar-refractivity contribution in [2.75, 3.05) is 32.7 Å². The van der Waals surface area contributed by atoms with Crippen molar-refractivity contribution in [1.29, 1.82) is 0 Å². The summed E-state index contributed by atoms with van der Waals surface area (Å²) in [5.74, 6) is 6.72. The van der Waals surface area contributed by atoms with Gasteiger partial charge in [-0.25, -0.2) is 0 Å². The Balaban J connectivity index is 2.04. The molecule has 0 saturated carbocycles. The second-order valence-corrected chi connectivity index (χ2v) is 5.03. The summed E-state index contributed by atoms with van der Waals surface area (Å²) in [4.78, 5) is 2.42. The lowest BCUT2D eigenvalue weighted by atomic mass is 10.0. The molecule has 1 aromatic rings. The van der Waals surface area contributed by atoms with Crippen LogP contribution in [0.2, 0.25) is 0 Å². The van der Waals surface area contributed by atoms with E-state index in [1.807, 2.05) is 0 Å². The van der Waals surface area contributed by atoms with Crippen molar-refractivity contribution in [2.45, 2.75) is 26.7 Å². The van der Waals surface area contributed by atoms with Gasteiger partial charge in [-0.15, -0.1) is 0 Å². The summed E-state index contributed by atoms with van der Waals surface area (Å²) in [6.07, 6.45) is 2.14. The zero-order valence-corrected chi connectivity index (χ0v) is 12.1. The van der Waals surface area contributed by atoms with Gasteiger partial charge in [-0.3, -0.25) is 4.90 Å². The van der Waals surface area contributed by atoms with Gasteiger partial charge < -0.3 is 5.32 Å². The van der Waals surface area contributed by atoms with Crippen LogP contribution in [0.25, 0.3) is 0 Å². The van der Waals surface area contributed by atoms with E-state index >= 15 is 0 Å². The Morgan fingerprint density at radius 1 is 1.16 bits per heavy atom. The first-order chi connectivity index (χ1) is 9.33. The molecular weight excluding hydrogens is 232 g/mol. The fraction of sp³-hybridized carbons (Fsp3) is 0.529. The summed E-state index contributed by atoms with van der Waals surface area (Å²) >= 11 is 0. The first kappa shape index (κ1) is 14.1. The average molecular weight is 256 g/mol. The molecule has 0 radical (unpaired) electrons. The van der Waals surface area contributed by atoms with Crippen LogP contribution in [0.15, 0.2) is 18.2 Å². The molecule has 1 heterocycles. The smallest absolute Gasteiger partial charge is 0.0606 e. The number of nitrogens with zero attached hydrogens (tertiary/aromatic N) is 1. The quantitative estimate of drug-likeness (QED) is 0.833. The molecule has 1 aliphatic rings. The highest BCUT2D eigenvalue weighted by atomic mass is 15.2. The predicted molar refractivity (Wildman–Crippen MR) is 81.4 cm³/mol. The lowest BCUT2D eigenvalue weighted by Gasteiger charge is -2.24. The predicted octanol–water partition coefficient (Wildman–Crippen LogP) is 2.07. The highest BCUT2D eigenvalue weighted by molar-refractivity contribution is 5.44. The summed E-state index contributed by atoms with van der Waals surface area (Å²) in [5.41, 5.74) is 3.96. The summed E-state index contributed by atoms with van der Waals surface area (Å²) in [6, 6.07) is 6.71. The molecule has 0 bridgehead atoms. The lowest BCUT2D eigenvalue weighted by molar-refractivity contribution is 0.268. The topological polar surface area (TPSA) is 15.3 Å². The molecule has 1 saturated heterocycles. The molecule has 1 aliphatic heterocycles. The number of hydrogen-bond acceptors (Lipinski definition) is 2. The molecule has 102 valence electrons. The molecule has 2 nitrogen and oxygen atoms in total. The minimum Gasteiger partial charge on any atom is -0.314 e. The molecule has 19 heavy (non-hydrogen) atoms. The van der Waals surface area contributed by atoms with Crippen molar-refractivity contribution in [3.8, 4) is 11.8 Å². The van der Waals surface area contributed by atoms with Crippen molar-refractivity contribution >= 4 is 0 Å². The number of hydrogen-bond donors (Lipinski definition) is 1. The van der Waals surface area contributed by atoms with Crippen LogP contribution >= 0.6 is 0 Å². The minimum atomic E-state index is 0.890. The standard InChI is InChI=1S/C17H24N2/c1-3-15-7-8-16(4-2)17(14-15)6-5-11-19-12-9-18-10-13-19/h7-8,14,18H,3-4,9-13H2,1-2H3. The van der Waals surface area contributed by atoms with E-state index in [1.54, 1.807) is 0 Å². The van der Waals surface area contributed by atoms with E-state index in [2.05, 4.69) is 54.1 Å². The van der Waals surface area contributed by atoms with E-state index in [0.717, 1.165) is 45.6 Å². The molecule has 0 atom stereocenters. The van der Waals surface area contributed by atoms with Crippen molar-refractivity contribution in [2.24, 2.45) is 0 Å². The molecule has 0 spiro atoms. The molecule has 0 aromatic heterocycles. The maximum absolute atomic E-state index is 3.37. The van der Waals surface area contributed by atoms with Gasteiger partial charge in [0.15, 0.2) is 0 Å². The van der Waals surface area contributed by atoms with Crippen LogP contribution in [-0.2, 0) is 12.8 Å². The Morgan fingerprint density at radius 3 is 2.63 bits per heavy atom. The molecule has 2 heteroatoms. The van der Waals surface area contributed by atoms with E-state index in [4.69, 9.17) is 0 Å². The monoisotopic (exact) mass is 256 g/mol. The van der Waals surface area contributed by atoms with Gasteiger partial charge >= 0.3 is 0 Å². The fourth-order valence-electron chi connectivity index (χ4n) is 2.38. The first-order valence-corrected chi connectivity index (χ1v) is 7.37. The minimum absolute atomic E-state index is 0.890.